The highest BCUT2D eigenvalue weighted by atomic mass is 16.5. The van der Waals surface area contributed by atoms with Crippen molar-refractivity contribution in [2.45, 2.75) is 26.9 Å². The molecule has 1 N–H and O–H groups in total. The van der Waals surface area contributed by atoms with E-state index in [0.29, 0.717) is 11.6 Å². The highest BCUT2D eigenvalue weighted by Gasteiger charge is 2.08. The van der Waals surface area contributed by atoms with Gasteiger partial charge in [0.05, 0.1) is 11.8 Å². The molecule has 0 saturated carbocycles. The smallest absolute Gasteiger partial charge is 0.228 e. The Bertz CT molecular complexity index is 647. The minimum Gasteiger partial charge on any atom is -0.489 e. The van der Waals surface area contributed by atoms with Gasteiger partial charge in [-0.2, -0.15) is 5.26 Å². The Morgan fingerprint density at radius 2 is 2.00 bits per heavy atom. The van der Waals surface area contributed by atoms with Crippen molar-refractivity contribution in [2.75, 3.05) is 5.32 Å². The lowest BCUT2D eigenvalue weighted by Gasteiger charge is -2.14. The first-order valence-electron chi connectivity index (χ1n) is 6.37. The summed E-state index contributed by atoms with van der Waals surface area (Å²) in [6, 6.07) is 11.2. The van der Waals surface area contributed by atoms with Gasteiger partial charge in [-0.05, 0) is 39.0 Å². The first kappa shape index (κ1) is 13.8. The van der Waals surface area contributed by atoms with E-state index in [2.05, 4.69) is 15.3 Å². The maximum Gasteiger partial charge on any atom is 0.228 e. The summed E-state index contributed by atoms with van der Waals surface area (Å²) in [4.78, 5) is 8.40. The number of rotatable bonds is 4. The molecule has 1 aromatic heterocycles. The number of hydrogen-bond acceptors (Lipinski definition) is 5. The highest BCUT2D eigenvalue weighted by Crippen LogP contribution is 2.27. The van der Waals surface area contributed by atoms with Gasteiger partial charge in [0, 0.05) is 5.69 Å². The standard InChI is InChI=1S/C15H16N4O/c1-10(2)20-14-7-5-4-6-13(14)19-15-17-11(3)8-12(9-16)18-15/h4-8,10H,1-3H3,(H,17,18,19). The third kappa shape index (κ3) is 3.45. The van der Waals surface area contributed by atoms with E-state index in [9.17, 15) is 0 Å². The van der Waals surface area contributed by atoms with Gasteiger partial charge < -0.3 is 10.1 Å². The molecule has 0 radical (unpaired) electrons. The van der Waals surface area contributed by atoms with Crippen LogP contribution in [0.2, 0.25) is 0 Å². The zero-order chi connectivity index (χ0) is 14.5. The maximum absolute atomic E-state index is 8.93. The van der Waals surface area contributed by atoms with Crippen LogP contribution in [0.5, 0.6) is 5.75 Å². The molecule has 0 aliphatic carbocycles. The summed E-state index contributed by atoms with van der Waals surface area (Å²) in [7, 11) is 0. The third-order valence-electron chi connectivity index (χ3n) is 2.46. The predicted octanol–water partition coefficient (Wildman–Crippen LogP) is 3.19. The molecular formula is C15H16N4O. The molecule has 1 heterocycles. The number of anilines is 2. The summed E-state index contributed by atoms with van der Waals surface area (Å²) >= 11 is 0. The van der Waals surface area contributed by atoms with Crippen molar-refractivity contribution in [3.8, 4) is 11.8 Å². The van der Waals surface area contributed by atoms with Crippen molar-refractivity contribution < 1.29 is 4.74 Å². The molecule has 0 unspecified atom stereocenters. The number of ether oxygens (including phenoxy) is 1. The van der Waals surface area contributed by atoms with Gasteiger partial charge in [-0.3, -0.25) is 0 Å². The Labute approximate surface area is 118 Å². The molecule has 20 heavy (non-hydrogen) atoms. The number of para-hydroxylation sites is 2. The fraction of sp³-hybridized carbons (Fsp3) is 0.267. The average Bonchev–Trinajstić information content (AvgIpc) is 2.39. The van der Waals surface area contributed by atoms with E-state index in [1.807, 2.05) is 51.1 Å². The second-order valence-electron chi connectivity index (χ2n) is 4.62. The van der Waals surface area contributed by atoms with Crippen molar-refractivity contribution in [2.24, 2.45) is 0 Å². The van der Waals surface area contributed by atoms with Gasteiger partial charge in [-0.1, -0.05) is 12.1 Å². The van der Waals surface area contributed by atoms with Crippen molar-refractivity contribution >= 4 is 11.6 Å². The van der Waals surface area contributed by atoms with Gasteiger partial charge in [-0.25, -0.2) is 9.97 Å². The molecule has 2 aromatic rings. The lowest BCUT2D eigenvalue weighted by atomic mass is 10.3. The molecule has 0 aliphatic rings. The van der Waals surface area contributed by atoms with Crippen LogP contribution in [0.15, 0.2) is 30.3 Å². The quantitative estimate of drug-likeness (QED) is 0.922. The van der Waals surface area contributed by atoms with Gasteiger partial charge in [-0.15, -0.1) is 0 Å². The van der Waals surface area contributed by atoms with E-state index in [0.717, 1.165) is 17.1 Å². The van der Waals surface area contributed by atoms with Gasteiger partial charge in [0.15, 0.2) is 0 Å². The van der Waals surface area contributed by atoms with Crippen LogP contribution in [0.4, 0.5) is 11.6 Å². The van der Waals surface area contributed by atoms with Crippen molar-refractivity contribution in [3.05, 3.63) is 41.7 Å². The molecule has 2 rings (SSSR count). The number of nitriles is 1. The molecule has 102 valence electrons. The molecule has 0 saturated heterocycles. The monoisotopic (exact) mass is 268 g/mol. The maximum atomic E-state index is 8.93. The molecule has 5 heteroatoms. The molecule has 5 nitrogen and oxygen atoms in total. The largest absolute Gasteiger partial charge is 0.489 e. The second-order valence-corrected chi connectivity index (χ2v) is 4.62. The van der Waals surface area contributed by atoms with Crippen LogP contribution < -0.4 is 10.1 Å². The number of hydrogen-bond donors (Lipinski definition) is 1. The molecule has 0 spiro atoms. The van der Waals surface area contributed by atoms with Gasteiger partial charge >= 0.3 is 0 Å². The Morgan fingerprint density at radius 1 is 1.25 bits per heavy atom. The number of nitrogens with one attached hydrogen (secondary N) is 1. The van der Waals surface area contributed by atoms with E-state index in [4.69, 9.17) is 10.00 Å². The van der Waals surface area contributed by atoms with Crippen LogP contribution in [0.3, 0.4) is 0 Å². The molecular weight excluding hydrogens is 252 g/mol. The molecule has 0 fully saturated rings. The lowest BCUT2D eigenvalue weighted by Crippen LogP contribution is -2.08. The van der Waals surface area contributed by atoms with Gasteiger partial charge in [0.1, 0.15) is 17.5 Å². The van der Waals surface area contributed by atoms with Crippen LogP contribution in [-0.4, -0.2) is 16.1 Å². The van der Waals surface area contributed by atoms with E-state index in [1.54, 1.807) is 6.07 Å². The van der Waals surface area contributed by atoms with Crippen LogP contribution in [0.1, 0.15) is 25.2 Å². The summed E-state index contributed by atoms with van der Waals surface area (Å²) in [6.45, 7) is 5.76. The van der Waals surface area contributed by atoms with Crippen molar-refractivity contribution in [1.29, 1.82) is 5.26 Å². The van der Waals surface area contributed by atoms with E-state index < -0.39 is 0 Å². The zero-order valence-electron chi connectivity index (χ0n) is 11.7. The second kappa shape index (κ2) is 6.02. The summed E-state index contributed by atoms with van der Waals surface area (Å²) in [5, 5.41) is 12.0. The Balaban J connectivity index is 2.30. The van der Waals surface area contributed by atoms with Gasteiger partial charge in [0.25, 0.3) is 0 Å². The first-order chi connectivity index (χ1) is 9.58. The Hall–Kier alpha value is -2.61. The van der Waals surface area contributed by atoms with E-state index in [-0.39, 0.29) is 6.10 Å². The Morgan fingerprint density at radius 3 is 2.70 bits per heavy atom. The summed E-state index contributed by atoms with van der Waals surface area (Å²) in [6.07, 6.45) is 0.0750. The highest BCUT2D eigenvalue weighted by molar-refractivity contribution is 5.62. The molecule has 0 amide bonds. The molecule has 0 bridgehead atoms. The topological polar surface area (TPSA) is 70.8 Å². The van der Waals surface area contributed by atoms with E-state index >= 15 is 0 Å². The van der Waals surface area contributed by atoms with Crippen molar-refractivity contribution in [3.63, 3.8) is 0 Å². The van der Waals surface area contributed by atoms with Crippen LogP contribution >= 0.6 is 0 Å². The number of nitrogens with zero attached hydrogens (tertiary/aromatic N) is 3. The summed E-state index contributed by atoms with van der Waals surface area (Å²) in [5.41, 5.74) is 1.85. The summed E-state index contributed by atoms with van der Waals surface area (Å²) < 4.78 is 5.72. The summed E-state index contributed by atoms with van der Waals surface area (Å²) in [5.74, 6) is 1.12. The van der Waals surface area contributed by atoms with E-state index in [1.165, 1.54) is 0 Å². The minimum absolute atomic E-state index is 0.0750. The first-order valence-corrected chi connectivity index (χ1v) is 6.37. The van der Waals surface area contributed by atoms with Crippen LogP contribution in [0.25, 0.3) is 0 Å². The normalized spacial score (nSPS) is 10.2. The average molecular weight is 268 g/mol. The third-order valence-corrected chi connectivity index (χ3v) is 2.46. The van der Waals surface area contributed by atoms with Crippen LogP contribution in [-0.2, 0) is 0 Å². The fourth-order valence-corrected chi connectivity index (χ4v) is 1.73. The van der Waals surface area contributed by atoms with Crippen molar-refractivity contribution in [1.82, 2.24) is 9.97 Å². The Kier molecular flexibility index (Phi) is 4.16. The number of benzene rings is 1. The SMILES string of the molecule is Cc1cc(C#N)nc(Nc2ccccc2OC(C)C)n1. The molecule has 0 aliphatic heterocycles. The fourth-order valence-electron chi connectivity index (χ4n) is 1.73. The van der Waals surface area contributed by atoms with Crippen LogP contribution in [0, 0.1) is 18.3 Å². The molecule has 1 aromatic carbocycles. The van der Waals surface area contributed by atoms with Gasteiger partial charge in [0.2, 0.25) is 5.95 Å². The zero-order valence-corrected chi connectivity index (χ0v) is 11.7. The lowest BCUT2D eigenvalue weighted by molar-refractivity contribution is 0.244. The number of aryl methyl sites for hydroxylation is 1. The number of aromatic nitrogens is 2. The molecule has 0 atom stereocenters. The minimum atomic E-state index is 0.0750. The predicted molar refractivity (Wildman–Crippen MR) is 77.0 cm³/mol.